The van der Waals surface area contributed by atoms with Crippen molar-refractivity contribution >= 4 is 41.8 Å². The fourth-order valence-electron chi connectivity index (χ4n) is 9.04. The van der Waals surface area contributed by atoms with Crippen LogP contribution < -0.4 is 0 Å². The van der Waals surface area contributed by atoms with Crippen molar-refractivity contribution in [2.45, 2.75) is 137 Å². The van der Waals surface area contributed by atoms with Crippen LogP contribution in [-0.2, 0) is 71.5 Å². The lowest BCUT2D eigenvalue weighted by Gasteiger charge is -2.69. The van der Waals surface area contributed by atoms with Crippen LogP contribution in [0, 0.1) is 16.7 Å². The maximum atomic E-state index is 13.3. The summed E-state index contributed by atoms with van der Waals surface area (Å²) in [5.41, 5.74) is -6.13. The molecule has 4 aliphatic rings. The quantitative estimate of drug-likeness (QED) is 0.214. The number of fused-ring (bicyclic) bond motifs is 5. The van der Waals surface area contributed by atoms with E-state index in [2.05, 4.69) is 0 Å². The van der Waals surface area contributed by atoms with Crippen LogP contribution in [0.1, 0.15) is 89.0 Å². The van der Waals surface area contributed by atoms with Gasteiger partial charge in [-0.3, -0.25) is 33.6 Å². The zero-order valence-electron chi connectivity index (χ0n) is 29.8. The number of rotatable bonds is 7. The third-order valence-electron chi connectivity index (χ3n) is 10.6. The van der Waals surface area contributed by atoms with Crippen molar-refractivity contribution in [1.82, 2.24) is 0 Å². The first-order chi connectivity index (χ1) is 22.5. The highest BCUT2D eigenvalue weighted by atomic mass is 16.6. The standard InChI is InChI=1S/C34H46O15/c1-15-23(43-16(2)35)13-34(49-22(8)41)30(47-20(6)39)28-32(11,24(44-17(3)36)12-25-33(28,14-42-25)48-21(7)40)29(46-19(5)38)27(45-18(4)37)26(15)31(34,9)10/h23-25,27-30H,12-14H2,1-11H3/t23-,24-,25+,27+,28-,29-,30-,32+,33-,34+/m0/s1. The molecule has 0 aromatic heterocycles. The van der Waals surface area contributed by atoms with Crippen LogP contribution in [0.25, 0.3) is 0 Å². The second kappa shape index (κ2) is 13.0. The summed E-state index contributed by atoms with van der Waals surface area (Å²) >= 11 is 0. The topological polar surface area (TPSA) is 193 Å². The molecule has 0 radical (unpaired) electrons. The van der Waals surface area contributed by atoms with Crippen LogP contribution in [0.15, 0.2) is 11.1 Å². The summed E-state index contributed by atoms with van der Waals surface area (Å²) in [5, 5.41) is 0. The number of ether oxygens (including phenoxy) is 8. The molecule has 0 aromatic carbocycles. The van der Waals surface area contributed by atoms with Crippen molar-refractivity contribution in [3.8, 4) is 0 Å². The zero-order valence-corrected chi connectivity index (χ0v) is 29.8. The number of carbonyl (C=O) groups excluding carboxylic acids is 7. The van der Waals surface area contributed by atoms with Crippen LogP contribution in [0.3, 0.4) is 0 Å². The fourth-order valence-corrected chi connectivity index (χ4v) is 9.04. The summed E-state index contributed by atoms with van der Waals surface area (Å²) in [5.74, 6) is -6.71. The molecule has 2 bridgehead atoms. The number of esters is 7. The first kappa shape index (κ1) is 37.8. The Morgan fingerprint density at radius 3 is 1.61 bits per heavy atom. The predicted octanol–water partition coefficient (Wildman–Crippen LogP) is 2.43. The highest BCUT2D eigenvalue weighted by Crippen LogP contribution is 2.67. The van der Waals surface area contributed by atoms with Crippen molar-refractivity contribution < 1.29 is 71.5 Å². The Labute approximate surface area is 284 Å². The highest BCUT2D eigenvalue weighted by molar-refractivity contribution is 5.72. The Hall–Kier alpha value is -4.01. The molecule has 0 spiro atoms. The van der Waals surface area contributed by atoms with E-state index in [0.29, 0.717) is 5.57 Å². The third-order valence-corrected chi connectivity index (χ3v) is 10.6. The van der Waals surface area contributed by atoms with E-state index < -0.39 is 106 Å². The smallest absolute Gasteiger partial charge is 0.303 e. The number of hydrogen-bond donors (Lipinski definition) is 0. The van der Waals surface area contributed by atoms with E-state index in [9.17, 15) is 33.6 Å². The molecule has 49 heavy (non-hydrogen) atoms. The SMILES string of the molecule is CC(=O)O[C@H]1C[C@@]2(OC(C)=O)[C@@H](OC(C)=O)[C@@H]3[C@]4(OC(C)=O)CO[C@@H]4C[C@H](OC(C)=O)[C@@]3(C)[C@@H](OC(C)=O)[C@H](OC(C)=O)C(=C1C)C2(C)C. The van der Waals surface area contributed by atoms with E-state index in [-0.39, 0.29) is 25.0 Å². The molecule has 10 atom stereocenters. The van der Waals surface area contributed by atoms with Gasteiger partial charge in [0.25, 0.3) is 0 Å². The van der Waals surface area contributed by atoms with E-state index in [1.165, 1.54) is 20.8 Å². The van der Waals surface area contributed by atoms with Crippen molar-refractivity contribution in [1.29, 1.82) is 0 Å². The summed E-state index contributed by atoms with van der Waals surface area (Å²) in [6.07, 6.45) is -8.19. The van der Waals surface area contributed by atoms with Crippen LogP contribution >= 0.6 is 0 Å². The van der Waals surface area contributed by atoms with Gasteiger partial charge in [-0.1, -0.05) is 20.8 Å². The Morgan fingerprint density at radius 2 is 1.16 bits per heavy atom. The van der Waals surface area contributed by atoms with Gasteiger partial charge >= 0.3 is 41.8 Å². The van der Waals surface area contributed by atoms with Gasteiger partial charge in [-0.25, -0.2) is 0 Å². The summed E-state index contributed by atoms with van der Waals surface area (Å²) in [6.45, 7) is 14.5. The lowest BCUT2D eigenvalue weighted by atomic mass is 9.44. The minimum atomic E-state index is -1.95. The van der Waals surface area contributed by atoms with Crippen molar-refractivity contribution in [3.05, 3.63) is 11.1 Å². The van der Waals surface area contributed by atoms with E-state index in [1.807, 2.05) is 0 Å². The molecule has 2 saturated carbocycles. The second-order valence-electron chi connectivity index (χ2n) is 14.1. The summed E-state index contributed by atoms with van der Waals surface area (Å²) in [6, 6.07) is 0. The van der Waals surface area contributed by atoms with Gasteiger partial charge < -0.3 is 37.9 Å². The lowest BCUT2D eigenvalue weighted by molar-refractivity contribution is -0.367. The van der Waals surface area contributed by atoms with Gasteiger partial charge in [-0.2, -0.15) is 0 Å². The van der Waals surface area contributed by atoms with E-state index in [1.54, 1.807) is 27.7 Å². The molecule has 1 saturated heterocycles. The molecule has 0 amide bonds. The third kappa shape index (κ3) is 6.18. The van der Waals surface area contributed by atoms with Gasteiger partial charge in [0, 0.05) is 66.7 Å². The first-order valence-electron chi connectivity index (χ1n) is 16.1. The molecule has 15 nitrogen and oxygen atoms in total. The Morgan fingerprint density at radius 1 is 0.653 bits per heavy atom. The normalized spacial score (nSPS) is 37.2. The van der Waals surface area contributed by atoms with Gasteiger partial charge in [-0.05, 0) is 18.1 Å². The first-order valence-corrected chi connectivity index (χ1v) is 16.1. The average molecular weight is 695 g/mol. The summed E-state index contributed by atoms with van der Waals surface area (Å²) in [4.78, 5) is 90.8. The van der Waals surface area contributed by atoms with Crippen LogP contribution in [0.4, 0.5) is 0 Å². The molecule has 3 fully saturated rings. The van der Waals surface area contributed by atoms with Crippen LogP contribution in [0.2, 0.25) is 0 Å². The Balaban J connectivity index is 2.31. The molecule has 0 unspecified atom stereocenters. The predicted molar refractivity (Wildman–Crippen MR) is 164 cm³/mol. The second-order valence-corrected chi connectivity index (χ2v) is 14.1. The van der Waals surface area contributed by atoms with Gasteiger partial charge in [0.15, 0.2) is 23.4 Å². The number of carbonyl (C=O) groups is 7. The summed E-state index contributed by atoms with van der Waals surface area (Å²) < 4.78 is 48.6. The molecule has 1 heterocycles. The van der Waals surface area contributed by atoms with Gasteiger partial charge in [0.1, 0.15) is 24.4 Å². The van der Waals surface area contributed by atoms with Gasteiger partial charge in [0.2, 0.25) is 0 Å². The maximum absolute atomic E-state index is 13.3. The minimum absolute atomic E-state index is 0.0741. The largest absolute Gasteiger partial charge is 0.462 e. The number of hydrogen-bond acceptors (Lipinski definition) is 15. The molecule has 15 heteroatoms. The molecule has 0 N–H and O–H groups in total. The molecule has 4 rings (SSSR count). The molecular formula is C34H46O15. The molecule has 1 aliphatic heterocycles. The van der Waals surface area contributed by atoms with Crippen molar-refractivity contribution in [2.75, 3.05) is 6.61 Å². The van der Waals surface area contributed by atoms with Gasteiger partial charge in [0.05, 0.1) is 17.9 Å². The van der Waals surface area contributed by atoms with Crippen LogP contribution in [0.5, 0.6) is 0 Å². The molecular weight excluding hydrogens is 648 g/mol. The molecule has 0 aromatic rings. The zero-order chi connectivity index (χ0) is 37.0. The minimum Gasteiger partial charge on any atom is -0.462 e. The molecule has 272 valence electrons. The maximum Gasteiger partial charge on any atom is 0.303 e. The van der Waals surface area contributed by atoms with Crippen molar-refractivity contribution in [3.63, 3.8) is 0 Å². The van der Waals surface area contributed by atoms with Gasteiger partial charge in [-0.15, -0.1) is 0 Å². The fraction of sp³-hybridized carbons (Fsp3) is 0.735. The Bertz CT molecular complexity index is 1480. The summed E-state index contributed by atoms with van der Waals surface area (Å²) in [7, 11) is 0. The average Bonchev–Trinajstić information content (AvgIpc) is 2.91. The molecule has 3 aliphatic carbocycles. The van der Waals surface area contributed by atoms with E-state index >= 15 is 0 Å². The highest BCUT2D eigenvalue weighted by Gasteiger charge is 2.80. The lowest BCUT2D eigenvalue weighted by Crippen LogP contribution is -2.83. The monoisotopic (exact) mass is 694 g/mol. The Kier molecular flexibility index (Phi) is 10.1. The van der Waals surface area contributed by atoms with Crippen molar-refractivity contribution in [2.24, 2.45) is 16.7 Å². The van der Waals surface area contributed by atoms with E-state index in [4.69, 9.17) is 37.9 Å². The van der Waals surface area contributed by atoms with Crippen LogP contribution in [-0.4, -0.2) is 96.2 Å². The van der Waals surface area contributed by atoms with E-state index in [0.717, 1.165) is 27.7 Å².